The number of guanidine groups is 1. The predicted molar refractivity (Wildman–Crippen MR) is 90.9 cm³/mol. The van der Waals surface area contributed by atoms with Gasteiger partial charge >= 0.3 is 0 Å². The van der Waals surface area contributed by atoms with Gasteiger partial charge < -0.3 is 9.80 Å². The minimum absolute atomic E-state index is 0. The van der Waals surface area contributed by atoms with Crippen molar-refractivity contribution in [1.29, 1.82) is 0 Å². The summed E-state index contributed by atoms with van der Waals surface area (Å²) < 4.78 is 0. The Morgan fingerprint density at radius 3 is 1.78 bits per heavy atom. The van der Waals surface area contributed by atoms with Gasteiger partial charge in [-0.25, -0.2) is 0 Å². The number of aliphatic imine (C=N–C) groups is 1. The molecule has 3 nitrogen and oxygen atoms in total. The first-order valence-electron chi connectivity index (χ1n) is 7.00. The van der Waals surface area contributed by atoms with Crippen LogP contribution in [-0.2, 0) is 0 Å². The Morgan fingerprint density at radius 2 is 1.33 bits per heavy atom. The van der Waals surface area contributed by atoms with E-state index in [9.17, 15) is 0 Å². The van der Waals surface area contributed by atoms with Crippen LogP contribution in [0.25, 0.3) is 0 Å². The van der Waals surface area contributed by atoms with Crippen LogP contribution in [-0.4, -0.2) is 50.5 Å². The lowest BCUT2D eigenvalue weighted by atomic mass is 9.91. The van der Waals surface area contributed by atoms with E-state index in [4.69, 9.17) is 4.99 Å². The number of hydrogen-bond donors (Lipinski definition) is 0. The van der Waals surface area contributed by atoms with Crippen LogP contribution in [0.2, 0.25) is 0 Å². The van der Waals surface area contributed by atoms with Crippen LogP contribution < -0.4 is 0 Å². The van der Waals surface area contributed by atoms with Gasteiger partial charge in [-0.3, -0.25) is 4.99 Å². The Bertz CT molecular complexity index is 221. The Kier molecular flexibility index (Phi) is 9.87. The molecule has 0 spiro atoms. The number of halogens is 1. The van der Waals surface area contributed by atoms with Crippen molar-refractivity contribution >= 4 is 29.9 Å². The van der Waals surface area contributed by atoms with E-state index < -0.39 is 0 Å². The quantitative estimate of drug-likeness (QED) is 0.423. The van der Waals surface area contributed by atoms with E-state index in [0.717, 1.165) is 18.4 Å². The van der Waals surface area contributed by atoms with E-state index in [1.807, 2.05) is 0 Å². The molecule has 1 saturated carbocycles. The van der Waals surface area contributed by atoms with Crippen LogP contribution in [0.1, 0.15) is 44.9 Å². The van der Waals surface area contributed by atoms with Crippen LogP contribution in [0, 0.1) is 5.92 Å². The highest BCUT2D eigenvalue weighted by Gasteiger charge is 2.12. The van der Waals surface area contributed by atoms with E-state index in [-0.39, 0.29) is 24.0 Å². The molecule has 0 N–H and O–H groups in total. The van der Waals surface area contributed by atoms with E-state index in [1.165, 1.54) is 44.9 Å². The highest BCUT2D eigenvalue weighted by Crippen LogP contribution is 2.22. The van der Waals surface area contributed by atoms with Crippen molar-refractivity contribution < 1.29 is 0 Å². The van der Waals surface area contributed by atoms with Crippen LogP contribution in [0.3, 0.4) is 0 Å². The molecule has 0 atom stereocenters. The molecule has 0 heterocycles. The summed E-state index contributed by atoms with van der Waals surface area (Å²) in [5.74, 6) is 1.90. The molecule has 1 aliphatic carbocycles. The maximum atomic E-state index is 4.79. The molecule has 18 heavy (non-hydrogen) atoms. The van der Waals surface area contributed by atoms with Gasteiger partial charge in [0.25, 0.3) is 0 Å². The second-order valence-corrected chi connectivity index (χ2v) is 5.64. The van der Waals surface area contributed by atoms with Crippen molar-refractivity contribution in [2.45, 2.75) is 44.9 Å². The summed E-state index contributed by atoms with van der Waals surface area (Å²) >= 11 is 0. The van der Waals surface area contributed by atoms with Gasteiger partial charge in [0.2, 0.25) is 0 Å². The first-order chi connectivity index (χ1) is 8.11. The Labute approximate surface area is 130 Å². The highest BCUT2D eigenvalue weighted by atomic mass is 127. The predicted octanol–water partition coefficient (Wildman–Crippen LogP) is 3.44. The minimum atomic E-state index is 0. The van der Waals surface area contributed by atoms with Crippen molar-refractivity contribution in [3.63, 3.8) is 0 Å². The van der Waals surface area contributed by atoms with Crippen molar-refractivity contribution in [3.05, 3.63) is 0 Å². The molecule has 0 radical (unpaired) electrons. The third-order valence-electron chi connectivity index (χ3n) is 3.52. The standard InChI is InChI=1S/C14H29N3.HI/c1-16(2)14(17(3)4)15-12-13-10-8-6-5-7-9-11-13;/h13H,5-12H2,1-4H3;1H. The maximum absolute atomic E-state index is 4.79. The molecule has 0 saturated heterocycles. The number of hydrogen-bond acceptors (Lipinski definition) is 1. The Hall–Kier alpha value is 0. The van der Waals surface area contributed by atoms with E-state index in [1.54, 1.807) is 0 Å². The van der Waals surface area contributed by atoms with E-state index in [2.05, 4.69) is 38.0 Å². The van der Waals surface area contributed by atoms with Crippen LogP contribution in [0.5, 0.6) is 0 Å². The van der Waals surface area contributed by atoms with Gasteiger partial charge in [0.15, 0.2) is 5.96 Å². The monoisotopic (exact) mass is 367 g/mol. The fourth-order valence-corrected chi connectivity index (χ4v) is 2.62. The van der Waals surface area contributed by atoms with Crippen molar-refractivity contribution in [2.24, 2.45) is 10.9 Å². The van der Waals surface area contributed by atoms with Gasteiger partial charge in [0, 0.05) is 34.7 Å². The minimum Gasteiger partial charge on any atom is -0.349 e. The molecule has 0 aliphatic heterocycles. The molecule has 1 rings (SSSR count). The van der Waals surface area contributed by atoms with Gasteiger partial charge in [-0.1, -0.05) is 32.1 Å². The molecule has 4 heteroatoms. The molecule has 1 fully saturated rings. The van der Waals surface area contributed by atoms with Crippen LogP contribution in [0.4, 0.5) is 0 Å². The summed E-state index contributed by atoms with van der Waals surface area (Å²) in [6, 6.07) is 0. The number of rotatable bonds is 2. The zero-order valence-electron chi connectivity index (χ0n) is 12.5. The zero-order chi connectivity index (χ0) is 12.7. The lowest BCUT2D eigenvalue weighted by Crippen LogP contribution is -2.35. The second-order valence-electron chi connectivity index (χ2n) is 5.64. The first-order valence-corrected chi connectivity index (χ1v) is 7.00. The highest BCUT2D eigenvalue weighted by molar-refractivity contribution is 14.0. The van der Waals surface area contributed by atoms with E-state index in [0.29, 0.717) is 0 Å². The molecular formula is C14H30IN3. The van der Waals surface area contributed by atoms with Gasteiger partial charge in [-0.15, -0.1) is 24.0 Å². The van der Waals surface area contributed by atoms with Gasteiger partial charge in [-0.2, -0.15) is 0 Å². The zero-order valence-corrected chi connectivity index (χ0v) is 14.8. The smallest absolute Gasteiger partial charge is 0.195 e. The molecular weight excluding hydrogens is 337 g/mol. The third kappa shape index (κ3) is 6.81. The number of nitrogens with zero attached hydrogens (tertiary/aromatic N) is 3. The lowest BCUT2D eigenvalue weighted by molar-refractivity contribution is 0.381. The topological polar surface area (TPSA) is 18.8 Å². The molecule has 1 aliphatic rings. The normalized spacial score (nSPS) is 17.1. The van der Waals surface area contributed by atoms with Gasteiger partial charge in [-0.05, 0) is 18.8 Å². The molecule has 0 aromatic heterocycles. The Morgan fingerprint density at radius 1 is 0.889 bits per heavy atom. The summed E-state index contributed by atoms with van der Waals surface area (Å²) in [5, 5.41) is 0. The first kappa shape index (κ1) is 18.0. The summed E-state index contributed by atoms with van der Waals surface area (Å²) in [4.78, 5) is 8.99. The van der Waals surface area contributed by atoms with Gasteiger partial charge in [0.05, 0.1) is 0 Å². The average molecular weight is 367 g/mol. The summed E-state index contributed by atoms with van der Waals surface area (Å²) in [7, 11) is 8.27. The summed E-state index contributed by atoms with van der Waals surface area (Å²) in [6.45, 7) is 1.01. The Balaban J connectivity index is 0.00000289. The lowest BCUT2D eigenvalue weighted by Gasteiger charge is -2.24. The fourth-order valence-electron chi connectivity index (χ4n) is 2.62. The second kappa shape index (κ2) is 9.87. The summed E-state index contributed by atoms with van der Waals surface area (Å²) in [6.07, 6.45) is 9.84. The van der Waals surface area contributed by atoms with Crippen molar-refractivity contribution in [2.75, 3.05) is 34.7 Å². The fraction of sp³-hybridized carbons (Fsp3) is 0.929. The van der Waals surface area contributed by atoms with Crippen molar-refractivity contribution in [3.8, 4) is 0 Å². The largest absolute Gasteiger partial charge is 0.349 e. The third-order valence-corrected chi connectivity index (χ3v) is 3.52. The molecule has 0 aromatic carbocycles. The maximum Gasteiger partial charge on any atom is 0.195 e. The molecule has 0 amide bonds. The summed E-state index contributed by atoms with van der Waals surface area (Å²) in [5.41, 5.74) is 0. The van der Waals surface area contributed by atoms with Crippen LogP contribution in [0.15, 0.2) is 4.99 Å². The molecule has 0 unspecified atom stereocenters. The average Bonchev–Trinajstić information content (AvgIpc) is 2.19. The van der Waals surface area contributed by atoms with Crippen molar-refractivity contribution in [1.82, 2.24) is 9.80 Å². The van der Waals surface area contributed by atoms with Crippen LogP contribution >= 0.6 is 24.0 Å². The van der Waals surface area contributed by atoms with Gasteiger partial charge in [0.1, 0.15) is 0 Å². The SMILES string of the molecule is CN(C)C(=NCC1CCCCCCC1)N(C)C.I. The van der Waals surface area contributed by atoms with E-state index >= 15 is 0 Å². The molecule has 108 valence electrons. The molecule has 0 aromatic rings. The molecule has 0 bridgehead atoms.